The lowest BCUT2D eigenvalue weighted by molar-refractivity contribution is -0.137. The number of carboxylic acids is 1. The van der Waals surface area contributed by atoms with Crippen LogP contribution >= 0.6 is 15.9 Å². The summed E-state index contributed by atoms with van der Waals surface area (Å²) in [6, 6.07) is 3.41. The Morgan fingerprint density at radius 3 is 2.59 bits per heavy atom. The minimum atomic E-state index is -0.865. The molecule has 22 heavy (non-hydrogen) atoms. The van der Waals surface area contributed by atoms with Crippen molar-refractivity contribution in [2.75, 3.05) is 13.2 Å². The van der Waals surface area contributed by atoms with E-state index in [1.165, 1.54) is 0 Å². The van der Waals surface area contributed by atoms with Gasteiger partial charge in [0.25, 0.3) is 0 Å². The first kappa shape index (κ1) is 16.6. The molecule has 2 rings (SSSR count). The highest BCUT2D eigenvalue weighted by Crippen LogP contribution is 2.35. The molecule has 7 heteroatoms. The molecule has 0 spiro atoms. The molecule has 2 N–H and O–H groups in total. The average Bonchev–Trinajstić information content (AvgIpc) is 2.46. The standard InChI is InChI=1S/C15H18BrNO5/c1-9(2-3-15(19)20)17-14(18)7-10-6-12-13(8-11(10)16)22-5-4-21-12/h6,8-9H,2-5,7H2,1H3,(H,17,18)(H,19,20). The minimum Gasteiger partial charge on any atom is -0.486 e. The van der Waals surface area contributed by atoms with Crippen molar-refractivity contribution in [1.29, 1.82) is 0 Å². The molecule has 1 unspecified atom stereocenters. The molecular weight excluding hydrogens is 354 g/mol. The second-order valence-corrected chi connectivity index (χ2v) is 6.02. The highest BCUT2D eigenvalue weighted by Gasteiger charge is 2.17. The summed E-state index contributed by atoms with van der Waals surface area (Å²) in [5, 5.41) is 11.4. The van der Waals surface area contributed by atoms with Crippen molar-refractivity contribution >= 4 is 27.8 Å². The van der Waals surface area contributed by atoms with Crippen molar-refractivity contribution in [2.24, 2.45) is 0 Å². The number of hydrogen-bond acceptors (Lipinski definition) is 4. The highest BCUT2D eigenvalue weighted by atomic mass is 79.9. The second kappa shape index (κ2) is 7.49. The fourth-order valence-corrected chi connectivity index (χ4v) is 2.62. The Morgan fingerprint density at radius 2 is 1.95 bits per heavy atom. The number of carbonyl (C=O) groups is 2. The third-order valence-corrected chi connectivity index (χ3v) is 4.00. The summed E-state index contributed by atoms with van der Waals surface area (Å²) in [6.07, 6.45) is 0.632. The van der Waals surface area contributed by atoms with Crippen molar-refractivity contribution in [3.63, 3.8) is 0 Å². The second-order valence-electron chi connectivity index (χ2n) is 5.17. The molecule has 1 aromatic rings. The van der Waals surface area contributed by atoms with E-state index in [1.807, 2.05) is 0 Å². The van der Waals surface area contributed by atoms with Crippen LogP contribution in [0, 0.1) is 0 Å². The summed E-state index contributed by atoms with van der Waals surface area (Å²) < 4.78 is 11.8. The lowest BCUT2D eigenvalue weighted by Crippen LogP contribution is -2.34. The van der Waals surface area contributed by atoms with Gasteiger partial charge in [0.2, 0.25) is 5.91 Å². The van der Waals surface area contributed by atoms with E-state index in [-0.39, 0.29) is 24.8 Å². The molecule has 0 aromatic heterocycles. The number of carbonyl (C=O) groups excluding carboxylic acids is 1. The van der Waals surface area contributed by atoms with Crippen LogP contribution in [-0.4, -0.2) is 36.2 Å². The van der Waals surface area contributed by atoms with Gasteiger partial charge < -0.3 is 19.9 Å². The van der Waals surface area contributed by atoms with E-state index in [0.717, 1.165) is 10.0 Å². The first-order valence-electron chi connectivity index (χ1n) is 7.05. The van der Waals surface area contributed by atoms with Gasteiger partial charge in [-0.1, -0.05) is 15.9 Å². The fourth-order valence-electron chi connectivity index (χ4n) is 2.15. The van der Waals surface area contributed by atoms with Gasteiger partial charge in [0.05, 0.1) is 6.42 Å². The van der Waals surface area contributed by atoms with Gasteiger partial charge in [-0.15, -0.1) is 0 Å². The number of ether oxygens (including phenoxy) is 2. The molecule has 6 nitrogen and oxygen atoms in total. The highest BCUT2D eigenvalue weighted by molar-refractivity contribution is 9.10. The molecule has 1 aliphatic rings. The smallest absolute Gasteiger partial charge is 0.303 e. The molecule has 1 atom stereocenters. The van der Waals surface area contributed by atoms with E-state index in [1.54, 1.807) is 19.1 Å². The van der Waals surface area contributed by atoms with Crippen LogP contribution in [0.25, 0.3) is 0 Å². The van der Waals surface area contributed by atoms with Crippen LogP contribution in [0.5, 0.6) is 11.5 Å². The number of hydrogen-bond donors (Lipinski definition) is 2. The molecule has 1 aromatic carbocycles. The Balaban J connectivity index is 1.95. The SMILES string of the molecule is CC(CCC(=O)O)NC(=O)Cc1cc2c(cc1Br)OCCO2. The van der Waals surface area contributed by atoms with E-state index in [9.17, 15) is 9.59 Å². The van der Waals surface area contributed by atoms with Gasteiger partial charge in [0, 0.05) is 16.9 Å². The van der Waals surface area contributed by atoms with E-state index >= 15 is 0 Å². The monoisotopic (exact) mass is 371 g/mol. The van der Waals surface area contributed by atoms with Crippen molar-refractivity contribution in [2.45, 2.75) is 32.2 Å². The van der Waals surface area contributed by atoms with E-state index < -0.39 is 5.97 Å². The van der Waals surface area contributed by atoms with Gasteiger partial charge in [0.1, 0.15) is 13.2 Å². The number of rotatable bonds is 6. The van der Waals surface area contributed by atoms with Crippen molar-refractivity contribution < 1.29 is 24.2 Å². The molecule has 0 aliphatic carbocycles. The fraction of sp³-hybridized carbons (Fsp3) is 0.467. The third-order valence-electron chi connectivity index (χ3n) is 3.26. The summed E-state index contributed by atoms with van der Waals surface area (Å²) in [5.74, 6) is 0.277. The van der Waals surface area contributed by atoms with Gasteiger partial charge in [-0.2, -0.15) is 0 Å². The molecule has 0 bridgehead atoms. The van der Waals surface area contributed by atoms with Crippen LogP contribution in [0.15, 0.2) is 16.6 Å². The van der Waals surface area contributed by atoms with Crippen molar-refractivity contribution in [3.8, 4) is 11.5 Å². The maximum atomic E-state index is 12.0. The van der Waals surface area contributed by atoms with E-state index in [0.29, 0.717) is 31.1 Å². The predicted octanol–water partition coefficient (Wildman–Crippen LogP) is 2.13. The van der Waals surface area contributed by atoms with Crippen LogP contribution < -0.4 is 14.8 Å². The third kappa shape index (κ3) is 4.62. The Labute approximate surface area is 136 Å². The molecule has 1 aliphatic heterocycles. The Kier molecular flexibility index (Phi) is 5.65. The van der Waals surface area contributed by atoms with Crippen LogP contribution in [0.1, 0.15) is 25.3 Å². The largest absolute Gasteiger partial charge is 0.486 e. The molecule has 1 amide bonds. The van der Waals surface area contributed by atoms with Crippen LogP contribution in [0.3, 0.4) is 0 Å². The first-order valence-corrected chi connectivity index (χ1v) is 7.84. The summed E-state index contributed by atoms with van der Waals surface area (Å²) in [4.78, 5) is 22.6. The van der Waals surface area contributed by atoms with Gasteiger partial charge >= 0.3 is 5.97 Å². The number of fused-ring (bicyclic) bond motifs is 1. The number of nitrogens with one attached hydrogen (secondary N) is 1. The maximum Gasteiger partial charge on any atom is 0.303 e. The molecule has 1 heterocycles. The number of amides is 1. The van der Waals surface area contributed by atoms with E-state index in [4.69, 9.17) is 14.6 Å². The zero-order valence-corrected chi connectivity index (χ0v) is 13.8. The quantitative estimate of drug-likeness (QED) is 0.799. The number of aliphatic carboxylic acids is 1. The molecular formula is C15H18BrNO5. The van der Waals surface area contributed by atoms with Crippen molar-refractivity contribution in [3.05, 3.63) is 22.2 Å². The summed E-state index contributed by atoms with van der Waals surface area (Å²) in [7, 11) is 0. The number of halogens is 1. The van der Waals surface area contributed by atoms with Gasteiger partial charge in [0.15, 0.2) is 11.5 Å². The maximum absolute atomic E-state index is 12.0. The van der Waals surface area contributed by atoms with Gasteiger partial charge in [-0.25, -0.2) is 0 Å². The molecule has 0 saturated heterocycles. The summed E-state index contributed by atoms with van der Waals surface area (Å²) >= 11 is 3.43. The zero-order chi connectivity index (χ0) is 16.1. The van der Waals surface area contributed by atoms with E-state index in [2.05, 4.69) is 21.2 Å². The van der Waals surface area contributed by atoms with Gasteiger partial charge in [-0.3, -0.25) is 9.59 Å². The summed E-state index contributed by atoms with van der Waals surface area (Å²) in [5.41, 5.74) is 0.798. The Bertz CT molecular complexity index is 575. The normalized spacial score (nSPS) is 14.3. The topological polar surface area (TPSA) is 84.9 Å². The molecule has 0 saturated carbocycles. The lowest BCUT2D eigenvalue weighted by atomic mass is 10.1. The van der Waals surface area contributed by atoms with Gasteiger partial charge in [-0.05, 0) is 31.0 Å². The molecule has 0 fully saturated rings. The van der Waals surface area contributed by atoms with Crippen molar-refractivity contribution in [1.82, 2.24) is 5.32 Å². The summed E-state index contributed by atoms with van der Waals surface area (Å²) in [6.45, 7) is 2.80. The number of benzene rings is 1. The predicted molar refractivity (Wildman–Crippen MR) is 83.3 cm³/mol. The minimum absolute atomic E-state index is 0.0369. The first-order chi connectivity index (χ1) is 10.5. The Morgan fingerprint density at radius 1 is 1.32 bits per heavy atom. The average molecular weight is 372 g/mol. The van der Waals surface area contributed by atoms with Crippen LogP contribution in [0.4, 0.5) is 0 Å². The number of carboxylic acid groups (broad SMARTS) is 1. The van der Waals surface area contributed by atoms with Crippen LogP contribution in [-0.2, 0) is 16.0 Å². The lowest BCUT2D eigenvalue weighted by Gasteiger charge is -2.20. The molecule has 120 valence electrons. The zero-order valence-electron chi connectivity index (χ0n) is 12.2. The van der Waals surface area contributed by atoms with Crippen LogP contribution in [0.2, 0.25) is 0 Å². The molecule has 0 radical (unpaired) electrons. The Hall–Kier alpha value is -1.76.